The molecule has 0 N–H and O–H groups in total. The monoisotopic (exact) mass is 252 g/mol. The number of benzene rings is 1. The van der Waals surface area contributed by atoms with Gasteiger partial charge in [-0.2, -0.15) is 0 Å². The van der Waals surface area contributed by atoms with Gasteiger partial charge in [-0.25, -0.2) is 0 Å². The summed E-state index contributed by atoms with van der Waals surface area (Å²) in [6.45, 7) is 5.54. The first kappa shape index (κ1) is 13.3. The molecular weight excluding hydrogens is 232 g/mol. The summed E-state index contributed by atoms with van der Waals surface area (Å²) in [5.74, 6) is 0.377. The lowest BCUT2D eigenvalue weighted by Crippen LogP contribution is -2.24. The van der Waals surface area contributed by atoms with E-state index in [0.29, 0.717) is 19.8 Å². The van der Waals surface area contributed by atoms with E-state index in [1.54, 1.807) is 7.11 Å². The second-order valence-electron chi connectivity index (χ2n) is 4.81. The molecule has 0 amide bonds. The second-order valence-corrected chi connectivity index (χ2v) is 4.81. The number of rotatable bonds is 5. The molecule has 100 valence electrons. The van der Waals surface area contributed by atoms with Gasteiger partial charge in [0.15, 0.2) is 5.79 Å². The Morgan fingerprint density at radius 2 is 2.00 bits per heavy atom. The Morgan fingerprint density at radius 3 is 2.56 bits per heavy atom. The van der Waals surface area contributed by atoms with E-state index in [1.165, 1.54) is 0 Å². The van der Waals surface area contributed by atoms with Crippen molar-refractivity contribution in [3.63, 3.8) is 0 Å². The van der Waals surface area contributed by atoms with Crippen LogP contribution in [0.25, 0.3) is 0 Å². The van der Waals surface area contributed by atoms with Gasteiger partial charge in [0.1, 0.15) is 11.9 Å². The van der Waals surface area contributed by atoms with Gasteiger partial charge in [0.05, 0.1) is 26.9 Å². The van der Waals surface area contributed by atoms with E-state index in [9.17, 15) is 0 Å². The molecule has 0 unspecified atom stereocenters. The van der Waals surface area contributed by atoms with Gasteiger partial charge in [-0.1, -0.05) is 12.1 Å². The highest BCUT2D eigenvalue weighted by Crippen LogP contribution is 2.22. The van der Waals surface area contributed by atoms with Crippen LogP contribution in [0, 0.1) is 0 Å². The minimum atomic E-state index is -0.478. The van der Waals surface area contributed by atoms with Crippen molar-refractivity contribution in [2.75, 3.05) is 20.3 Å². The van der Waals surface area contributed by atoms with E-state index < -0.39 is 5.79 Å². The van der Waals surface area contributed by atoms with E-state index >= 15 is 0 Å². The summed E-state index contributed by atoms with van der Waals surface area (Å²) < 4.78 is 21.8. The Bertz CT molecular complexity index is 372. The predicted octanol–water partition coefficient (Wildman–Crippen LogP) is 2.36. The summed E-state index contributed by atoms with van der Waals surface area (Å²) in [5.41, 5.74) is 1.12. The van der Waals surface area contributed by atoms with Gasteiger partial charge >= 0.3 is 0 Å². The first-order chi connectivity index (χ1) is 8.59. The van der Waals surface area contributed by atoms with Gasteiger partial charge < -0.3 is 18.9 Å². The van der Waals surface area contributed by atoms with Crippen LogP contribution in [-0.2, 0) is 20.8 Å². The van der Waals surface area contributed by atoms with E-state index in [4.69, 9.17) is 18.9 Å². The minimum absolute atomic E-state index is 0.0262. The van der Waals surface area contributed by atoms with Crippen LogP contribution in [0.15, 0.2) is 24.3 Å². The van der Waals surface area contributed by atoms with Crippen molar-refractivity contribution in [2.24, 2.45) is 0 Å². The Hall–Kier alpha value is -1.10. The van der Waals surface area contributed by atoms with Gasteiger partial charge in [-0.15, -0.1) is 0 Å². The molecule has 0 spiro atoms. The fourth-order valence-electron chi connectivity index (χ4n) is 1.88. The fourth-order valence-corrected chi connectivity index (χ4v) is 1.88. The van der Waals surface area contributed by atoms with Crippen molar-refractivity contribution in [2.45, 2.75) is 32.3 Å². The van der Waals surface area contributed by atoms with Crippen LogP contribution in [0.2, 0.25) is 0 Å². The van der Waals surface area contributed by atoms with Gasteiger partial charge in [-0.05, 0) is 31.5 Å². The molecule has 1 aromatic carbocycles. The Morgan fingerprint density at radius 1 is 1.28 bits per heavy atom. The Kier molecular flexibility index (Phi) is 4.22. The zero-order valence-corrected chi connectivity index (χ0v) is 11.1. The van der Waals surface area contributed by atoms with Crippen LogP contribution >= 0.6 is 0 Å². The zero-order chi connectivity index (χ0) is 13.0. The standard InChI is InChI=1S/C14H20O4/c1-14(2)17-10-13(18-14)9-16-8-11-4-6-12(15-3)7-5-11/h4-7,13H,8-10H2,1-3H3/t13-/m1/s1. The second kappa shape index (κ2) is 5.69. The number of ether oxygens (including phenoxy) is 4. The molecule has 2 rings (SSSR count). The molecule has 1 aliphatic rings. The highest BCUT2D eigenvalue weighted by atomic mass is 16.7. The van der Waals surface area contributed by atoms with E-state index in [2.05, 4.69) is 0 Å². The molecular formula is C14H20O4. The van der Waals surface area contributed by atoms with Crippen LogP contribution in [0.1, 0.15) is 19.4 Å². The van der Waals surface area contributed by atoms with Crippen molar-refractivity contribution in [1.82, 2.24) is 0 Å². The van der Waals surface area contributed by atoms with Crippen molar-refractivity contribution in [1.29, 1.82) is 0 Å². The fraction of sp³-hybridized carbons (Fsp3) is 0.571. The highest BCUT2D eigenvalue weighted by Gasteiger charge is 2.32. The maximum absolute atomic E-state index is 5.66. The molecule has 1 aromatic rings. The third-order valence-corrected chi connectivity index (χ3v) is 2.80. The van der Waals surface area contributed by atoms with Gasteiger partial charge in [0.25, 0.3) is 0 Å². The molecule has 1 heterocycles. The first-order valence-electron chi connectivity index (χ1n) is 6.11. The summed E-state index contributed by atoms with van der Waals surface area (Å²) in [6.07, 6.45) is 0.0262. The summed E-state index contributed by atoms with van der Waals surface area (Å²) in [5, 5.41) is 0. The summed E-state index contributed by atoms with van der Waals surface area (Å²) >= 11 is 0. The molecule has 4 heteroatoms. The quantitative estimate of drug-likeness (QED) is 0.806. The van der Waals surface area contributed by atoms with E-state index in [0.717, 1.165) is 11.3 Å². The lowest BCUT2D eigenvalue weighted by molar-refractivity contribution is -0.145. The predicted molar refractivity (Wildman–Crippen MR) is 67.6 cm³/mol. The summed E-state index contributed by atoms with van der Waals surface area (Å²) in [4.78, 5) is 0. The third-order valence-electron chi connectivity index (χ3n) is 2.80. The van der Waals surface area contributed by atoms with Crippen molar-refractivity contribution >= 4 is 0 Å². The molecule has 1 fully saturated rings. The van der Waals surface area contributed by atoms with Crippen LogP contribution in [0.3, 0.4) is 0 Å². The van der Waals surface area contributed by atoms with Crippen LogP contribution in [0.4, 0.5) is 0 Å². The topological polar surface area (TPSA) is 36.9 Å². The summed E-state index contributed by atoms with van der Waals surface area (Å²) in [7, 11) is 1.66. The maximum atomic E-state index is 5.66. The highest BCUT2D eigenvalue weighted by molar-refractivity contribution is 5.26. The maximum Gasteiger partial charge on any atom is 0.163 e. The third kappa shape index (κ3) is 3.70. The molecule has 1 aliphatic heterocycles. The smallest absolute Gasteiger partial charge is 0.163 e. The van der Waals surface area contributed by atoms with Gasteiger partial charge in [0, 0.05) is 0 Å². The molecule has 0 aliphatic carbocycles. The van der Waals surface area contributed by atoms with Crippen molar-refractivity contribution < 1.29 is 18.9 Å². The van der Waals surface area contributed by atoms with Crippen LogP contribution in [-0.4, -0.2) is 32.2 Å². The molecule has 18 heavy (non-hydrogen) atoms. The molecule has 0 bridgehead atoms. The molecule has 1 saturated heterocycles. The van der Waals surface area contributed by atoms with Crippen LogP contribution < -0.4 is 4.74 Å². The lowest BCUT2D eigenvalue weighted by atomic mass is 10.2. The average molecular weight is 252 g/mol. The average Bonchev–Trinajstić information content (AvgIpc) is 2.70. The van der Waals surface area contributed by atoms with Crippen molar-refractivity contribution in [3.05, 3.63) is 29.8 Å². The molecule has 0 aromatic heterocycles. The Labute approximate surface area is 108 Å². The number of hydrogen-bond acceptors (Lipinski definition) is 4. The zero-order valence-electron chi connectivity index (χ0n) is 11.1. The molecule has 4 nitrogen and oxygen atoms in total. The van der Waals surface area contributed by atoms with Crippen molar-refractivity contribution in [3.8, 4) is 5.75 Å². The normalized spacial score (nSPS) is 22.1. The van der Waals surface area contributed by atoms with Gasteiger partial charge in [-0.3, -0.25) is 0 Å². The molecule has 0 saturated carbocycles. The van der Waals surface area contributed by atoms with E-state index in [-0.39, 0.29) is 6.10 Å². The van der Waals surface area contributed by atoms with E-state index in [1.807, 2.05) is 38.1 Å². The minimum Gasteiger partial charge on any atom is -0.497 e. The summed E-state index contributed by atoms with van der Waals surface area (Å²) in [6, 6.07) is 7.84. The number of methoxy groups -OCH3 is 1. The Balaban J connectivity index is 1.72. The van der Waals surface area contributed by atoms with Crippen LogP contribution in [0.5, 0.6) is 5.75 Å². The lowest BCUT2D eigenvalue weighted by Gasteiger charge is -2.17. The number of hydrogen-bond donors (Lipinski definition) is 0. The molecule has 1 atom stereocenters. The first-order valence-corrected chi connectivity index (χ1v) is 6.11. The van der Waals surface area contributed by atoms with Gasteiger partial charge in [0.2, 0.25) is 0 Å². The SMILES string of the molecule is COc1ccc(COC[C@@H]2COC(C)(C)O2)cc1. The molecule has 0 radical (unpaired) electrons. The largest absolute Gasteiger partial charge is 0.497 e.